The summed E-state index contributed by atoms with van der Waals surface area (Å²) in [6.07, 6.45) is 2.30. The van der Waals surface area contributed by atoms with E-state index in [9.17, 15) is 10.0 Å². The Labute approximate surface area is 95.6 Å². The van der Waals surface area contributed by atoms with E-state index < -0.39 is 7.12 Å². The van der Waals surface area contributed by atoms with E-state index >= 15 is 0 Å². The minimum atomic E-state index is -1.49. The van der Waals surface area contributed by atoms with Gasteiger partial charge in [-0.15, -0.1) is 0 Å². The number of rotatable bonds is 2. The molecule has 5 heteroatoms. The van der Waals surface area contributed by atoms with Crippen LogP contribution in [0.3, 0.4) is 0 Å². The first-order valence-electron chi connectivity index (χ1n) is 5.64. The molecule has 1 atom stereocenters. The van der Waals surface area contributed by atoms with Crippen molar-refractivity contribution in [2.45, 2.75) is 18.8 Å². The van der Waals surface area contributed by atoms with Gasteiger partial charge in [0.05, 0.1) is 0 Å². The molecular weight excluding hydrogens is 203 g/mol. The van der Waals surface area contributed by atoms with E-state index in [1.54, 1.807) is 12.1 Å². The lowest BCUT2D eigenvalue weighted by Gasteiger charge is -2.23. The zero-order valence-electron chi connectivity index (χ0n) is 9.19. The van der Waals surface area contributed by atoms with E-state index in [2.05, 4.69) is 5.32 Å². The number of nitrogens with two attached hydrogens (primary N) is 1. The van der Waals surface area contributed by atoms with Crippen LogP contribution in [0.15, 0.2) is 18.2 Å². The van der Waals surface area contributed by atoms with Crippen molar-refractivity contribution in [2.24, 2.45) is 0 Å². The monoisotopic (exact) mass is 220 g/mol. The lowest BCUT2D eigenvalue weighted by Crippen LogP contribution is -2.34. The normalized spacial score (nSPS) is 20.8. The molecule has 1 aromatic carbocycles. The van der Waals surface area contributed by atoms with Crippen molar-refractivity contribution < 1.29 is 10.0 Å². The van der Waals surface area contributed by atoms with Gasteiger partial charge in [0.2, 0.25) is 0 Å². The molecule has 5 N–H and O–H groups in total. The fourth-order valence-electron chi connectivity index (χ4n) is 2.21. The van der Waals surface area contributed by atoms with Gasteiger partial charge in [-0.3, -0.25) is 0 Å². The molecule has 86 valence electrons. The molecule has 1 aromatic rings. The maximum atomic E-state index is 9.19. The second-order valence-corrected chi connectivity index (χ2v) is 4.31. The number of hydrogen-bond acceptors (Lipinski definition) is 4. The van der Waals surface area contributed by atoms with E-state index in [4.69, 9.17) is 5.73 Å². The second-order valence-electron chi connectivity index (χ2n) is 4.31. The molecule has 0 saturated carbocycles. The summed E-state index contributed by atoms with van der Waals surface area (Å²) in [6, 6.07) is 5.52. The summed E-state index contributed by atoms with van der Waals surface area (Å²) in [7, 11) is -1.49. The van der Waals surface area contributed by atoms with Crippen molar-refractivity contribution in [3.05, 3.63) is 23.8 Å². The van der Waals surface area contributed by atoms with Crippen LogP contribution in [0, 0.1) is 0 Å². The molecule has 1 aliphatic heterocycles. The Hall–Kier alpha value is -1.04. The van der Waals surface area contributed by atoms with Gasteiger partial charge in [-0.1, -0.05) is 12.1 Å². The first kappa shape index (κ1) is 11.5. The molecule has 16 heavy (non-hydrogen) atoms. The van der Waals surface area contributed by atoms with Crippen LogP contribution in [-0.2, 0) is 0 Å². The molecule has 1 heterocycles. The highest BCUT2D eigenvalue weighted by atomic mass is 16.4. The molecular formula is C11H17BN2O2. The summed E-state index contributed by atoms with van der Waals surface area (Å²) >= 11 is 0. The Bertz CT molecular complexity index is 365. The van der Waals surface area contributed by atoms with E-state index in [1.807, 2.05) is 6.07 Å². The predicted octanol–water partition coefficient (Wildman–Crippen LogP) is -0.584. The van der Waals surface area contributed by atoms with Crippen molar-refractivity contribution in [1.82, 2.24) is 5.32 Å². The molecule has 1 aliphatic rings. The highest BCUT2D eigenvalue weighted by molar-refractivity contribution is 6.60. The molecule has 0 radical (unpaired) electrons. The summed E-state index contributed by atoms with van der Waals surface area (Å²) in [5, 5.41) is 21.7. The molecule has 0 aliphatic carbocycles. The summed E-state index contributed by atoms with van der Waals surface area (Å²) in [5.41, 5.74) is 7.65. The quantitative estimate of drug-likeness (QED) is 0.397. The number of piperidine rings is 1. The summed E-state index contributed by atoms with van der Waals surface area (Å²) in [6.45, 7) is 2.02. The topological polar surface area (TPSA) is 78.5 Å². The van der Waals surface area contributed by atoms with Gasteiger partial charge in [-0.2, -0.15) is 0 Å². The number of nitrogens with one attached hydrogen (secondary N) is 1. The van der Waals surface area contributed by atoms with Crippen LogP contribution in [0.2, 0.25) is 0 Å². The average molecular weight is 220 g/mol. The molecule has 0 bridgehead atoms. The zero-order chi connectivity index (χ0) is 11.5. The van der Waals surface area contributed by atoms with Crippen LogP contribution in [0.25, 0.3) is 0 Å². The molecule has 1 saturated heterocycles. The maximum Gasteiger partial charge on any atom is 0.490 e. The van der Waals surface area contributed by atoms with Crippen molar-refractivity contribution in [3.63, 3.8) is 0 Å². The third-order valence-electron chi connectivity index (χ3n) is 3.16. The van der Waals surface area contributed by atoms with Crippen molar-refractivity contribution >= 4 is 18.3 Å². The van der Waals surface area contributed by atoms with Gasteiger partial charge in [0.15, 0.2) is 0 Å². The van der Waals surface area contributed by atoms with Gasteiger partial charge in [-0.05, 0) is 36.9 Å². The summed E-state index contributed by atoms with van der Waals surface area (Å²) in [5.74, 6) is 0.451. The van der Waals surface area contributed by atoms with Gasteiger partial charge in [0.25, 0.3) is 0 Å². The van der Waals surface area contributed by atoms with E-state index in [0.29, 0.717) is 17.1 Å². The number of nitrogen functional groups attached to an aromatic ring is 1. The van der Waals surface area contributed by atoms with Gasteiger partial charge in [-0.25, -0.2) is 0 Å². The highest BCUT2D eigenvalue weighted by Gasteiger charge is 2.19. The third kappa shape index (κ3) is 2.37. The molecule has 1 unspecified atom stereocenters. The van der Waals surface area contributed by atoms with Gasteiger partial charge in [0.1, 0.15) is 0 Å². The predicted molar refractivity (Wildman–Crippen MR) is 65.5 cm³/mol. The Morgan fingerprint density at radius 3 is 2.81 bits per heavy atom. The van der Waals surface area contributed by atoms with Gasteiger partial charge < -0.3 is 21.1 Å². The zero-order valence-corrected chi connectivity index (χ0v) is 9.19. The third-order valence-corrected chi connectivity index (χ3v) is 3.16. The maximum absolute atomic E-state index is 9.19. The van der Waals surface area contributed by atoms with Crippen LogP contribution >= 0.6 is 0 Å². The summed E-state index contributed by atoms with van der Waals surface area (Å²) < 4.78 is 0. The molecule has 0 amide bonds. The van der Waals surface area contributed by atoms with Crippen molar-refractivity contribution in [2.75, 3.05) is 18.8 Å². The van der Waals surface area contributed by atoms with Crippen molar-refractivity contribution in [3.8, 4) is 0 Å². The fraction of sp³-hybridized carbons (Fsp3) is 0.455. The largest absolute Gasteiger partial charge is 0.490 e. The lowest BCUT2D eigenvalue weighted by atomic mass is 9.76. The summed E-state index contributed by atoms with van der Waals surface area (Å²) in [4.78, 5) is 0. The van der Waals surface area contributed by atoms with E-state index in [-0.39, 0.29) is 0 Å². The van der Waals surface area contributed by atoms with Crippen molar-refractivity contribution in [1.29, 1.82) is 0 Å². The first-order chi connectivity index (χ1) is 7.68. The van der Waals surface area contributed by atoms with E-state index in [1.165, 1.54) is 0 Å². The standard InChI is InChI=1S/C11H17BN2O2/c13-11-4-3-8(6-10(11)12(15)16)9-2-1-5-14-7-9/h3-4,6,9,14-16H,1-2,5,7,13H2. The Balaban J connectivity index is 2.24. The molecule has 0 spiro atoms. The van der Waals surface area contributed by atoms with Crippen LogP contribution in [0.5, 0.6) is 0 Å². The molecule has 1 fully saturated rings. The fourth-order valence-corrected chi connectivity index (χ4v) is 2.21. The highest BCUT2D eigenvalue weighted by Crippen LogP contribution is 2.23. The van der Waals surface area contributed by atoms with Crippen LogP contribution in [0.1, 0.15) is 24.3 Å². The molecule has 4 nitrogen and oxygen atoms in total. The molecule has 0 aromatic heterocycles. The minimum Gasteiger partial charge on any atom is -0.423 e. The van der Waals surface area contributed by atoms with E-state index in [0.717, 1.165) is 31.5 Å². The lowest BCUT2D eigenvalue weighted by molar-refractivity contribution is 0.425. The van der Waals surface area contributed by atoms with Gasteiger partial charge >= 0.3 is 7.12 Å². The number of benzene rings is 1. The Morgan fingerprint density at radius 2 is 2.19 bits per heavy atom. The van der Waals surface area contributed by atoms with Gasteiger partial charge in [0, 0.05) is 17.7 Å². The molecule has 2 rings (SSSR count). The van der Waals surface area contributed by atoms with Crippen LogP contribution in [-0.4, -0.2) is 30.3 Å². The number of anilines is 1. The first-order valence-corrected chi connectivity index (χ1v) is 5.64. The average Bonchev–Trinajstić information content (AvgIpc) is 2.30. The minimum absolute atomic E-state index is 0.406. The number of hydrogen-bond donors (Lipinski definition) is 4. The Kier molecular flexibility index (Phi) is 3.48. The second kappa shape index (κ2) is 4.87. The van der Waals surface area contributed by atoms with Crippen LogP contribution in [0.4, 0.5) is 5.69 Å². The Morgan fingerprint density at radius 1 is 1.38 bits per heavy atom. The van der Waals surface area contributed by atoms with Crippen LogP contribution < -0.4 is 16.5 Å². The SMILES string of the molecule is Nc1ccc(C2CCCNC2)cc1B(O)O. The smallest absolute Gasteiger partial charge is 0.423 e.